The standard InChI is InChI=1S/C12H15F3O3/c1-2-18-10-5-3-4-9(6-10)11(16)7-17-8-12(13,14)15/h3-6,11,16H,2,7-8H2,1H3. The second kappa shape index (κ2) is 6.61. The monoisotopic (exact) mass is 264 g/mol. The van der Waals surface area contributed by atoms with E-state index in [0.717, 1.165) is 0 Å². The normalized spacial score (nSPS) is 13.4. The summed E-state index contributed by atoms with van der Waals surface area (Å²) in [4.78, 5) is 0. The summed E-state index contributed by atoms with van der Waals surface area (Å²) in [6, 6.07) is 6.54. The molecule has 0 aliphatic rings. The van der Waals surface area contributed by atoms with Crippen LogP contribution >= 0.6 is 0 Å². The van der Waals surface area contributed by atoms with E-state index < -0.39 is 25.5 Å². The van der Waals surface area contributed by atoms with E-state index in [0.29, 0.717) is 17.9 Å². The van der Waals surface area contributed by atoms with Crippen molar-refractivity contribution in [3.05, 3.63) is 29.8 Å². The molecule has 0 fully saturated rings. The first kappa shape index (κ1) is 14.8. The van der Waals surface area contributed by atoms with E-state index >= 15 is 0 Å². The molecule has 0 bridgehead atoms. The highest BCUT2D eigenvalue weighted by atomic mass is 19.4. The Morgan fingerprint density at radius 2 is 2.06 bits per heavy atom. The first-order valence-corrected chi connectivity index (χ1v) is 5.47. The van der Waals surface area contributed by atoms with Crippen molar-refractivity contribution >= 4 is 0 Å². The largest absolute Gasteiger partial charge is 0.494 e. The van der Waals surface area contributed by atoms with Gasteiger partial charge in [-0.15, -0.1) is 0 Å². The lowest BCUT2D eigenvalue weighted by Gasteiger charge is -2.14. The smallest absolute Gasteiger partial charge is 0.411 e. The molecule has 102 valence electrons. The first-order chi connectivity index (χ1) is 8.42. The lowest BCUT2D eigenvalue weighted by molar-refractivity contribution is -0.179. The van der Waals surface area contributed by atoms with Crippen LogP contribution in [-0.4, -0.2) is 31.1 Å². The van der Waals surface area contributed by atoms with Gasteiger partial charge in [-0.2, -0.15) is 13.2 Å². The van der Waals surface area contributed by atoms with Crippen LogP contribution in [0.3, 0.4) is 0 Å². The predicted molar refractivity (Wildman–Crippen MR) is 59.4 cm³/mol. The number of alkyl halides is 3. The second-order valence-electron chi connectivity index (χ2n) is 3.65. The summed E-state index contributed by atoms with van der Waals surface area (Å²) in [5.74, 6) is 0.560. The maximum absolute atomic E-state index is 11.8. The van der Waals surface area contributed by atoms with Crippen LogP contribution in [0.1, 0.15) is 18.6 Å². The molecule has 0 saturated carbocycles. The second-order valence-corrected chi connectivity index (χ2v) is 3.65. The molecule has 0 saturated heterocycles. The number of ether oxygens (including phenoxy) is 2. The molecule has 0 aliphatic carbocycles. The van der Waals surface area contributed by atoms with Gasteiger partial charge in [0.1, 0.15) is 18.5 Å². The van der Waals surface area contributed by atoms with Gasteiger partial charge < -0.3 is 14.6 Å². The van der Waals surface area contributed by atoms with E-state index in [4.69, 9.17) is 4.74 Å². The van der Waals surface area contributed by atoms with Crippen LogP contribution in [0.25, 0.3) is 0 Å². The average Bonchev–Trinajstić information content (AvgIpc) is 2.28. The zero-order chi connectivity index (χ0) is 13.6. The van der Waals surface area contributed by atoms with Gasteiger partial charge >= 0.3 is 6.18 Å². The SMILES string of the molecule is CCOc1cccc(C(O)COCC(F)(F)F)c1. The van der Waals surface area contributed by atoms with E-state index in [9.17, 15) is 18.3 Å². The fraction of sp³-hybridized carbons (Fsp3) is 0.500. The van der Waals surface area contributed by atoms with Crippen LogP contribution in [0.15, 0.2) is 24.3 Å². The zero-order valence-electron chi connectivity index (χ0n) is 9.91. The number of aliphatic hydroxyl groups excluding tert-OH is 1. The Morgan fingerprint density at radius 3 is 2.67 bits per heavy atom. The minimum Gasteiger partial charge on any atom is -0.494 e. The van der Waals surface area contributed by atoms with Gasteiger partial charge in [-0.05, 0) is 24.6 Å². The molecule has 6 heteroatoms. The summed E-state index contributed by atoms with van der Waals surface area (Å²) >= 11 is 0. The third-order valence-corrected chi connectivity index (χ3v) is 2.10. The van der Waals surface area contributed by atoms with E-state index in [1.165, 1.54) is 0 Å². The quantitative estimate of drug-likeness (QED) is 0.858. The van der Waals surface area contributed by atoms with E-state index in [1.807, 2.05) is 6.92 Å². The first-order valence-electron chi connectivity index (χ1n) is 5.47. The molecule has 1 atom stereocenters. The third-order valence-electron chi connectivity index (χ3n) is 2.10. The highest BCUT2D eigenvalue weighted by Crippen LogP contribution is 2.21. The summed E-state index contributed by atoms with van der Waals surface area (Å²) in [6.45, 7) is 0.518. The van der Waals surface area contributed by atoms with Crippen molar-refractivity contribution in [2.24, 2.45) is 0 Å². The highest BCUT2D eigenvalue weighted by Gasteiger charge is 2.27. The Bertz CT molecular complexity index is 366. The molecule has 0 heterocycles. The molecular formula is C12H15F3O3. The van der Waals surface area contributed by atoms with Gasteiger partial charge in [-0.1, -0.05) is 12.1 Å². The fourth-order valence-corrected chi connectivity index (χ4v) is 1.36. The molecule has 0 spiro atoms. The Balaban J connectivity index is 2.50. The van der Waals surface area contributed by atoms with Gasteiger partial charge in [0.2, 0.25) is 0 Å². The average molecular weight is 264 g/mol. The zero-order valence-corrected chi connectivity index (χ0v) is 9.91. The van der Waals surface area contributed by atoms with Crippen LogP contribution in [0.5, 0.6) is 5.75 Å². The maximum atomic E-state index is 11.8. The van der Waals surface area contributed by atoms with Crippen molar-refractivity contribution < 1.29 is 27.8 Å². The van der Waals surface area contributed by atoms with Crippen LogP contribution in [-0.2, 0) is 4.74 Å². The minimum atomic E-state index is -4.38. The molecule has 1 aromatic carbocycles. The molecule has 1 unspecified atom stereocenters. The number of hydrogen-bond acceptors (Lipinski definition) is 3. The minimum absolute atomic E-state index is 0.408. The van der Waals surface area contributed by atoms with Crippen molar-refractivity contribution in [1.82, 2.24) is 0 Å². The highest BCUT2D eigenvalue weighted by molar-refractivity contribution is 5.29. The van der Waals surface area contributed by atoms with E-state index in [1.54, 1.807) is 24.3 Å². The van der Waals surface area contributed by atoms with Crippen LogP contribution < -0.4 is 4.74 Å². The molecule has 18 heavy (non-hydrogen) atoms. The summed E-state index contributed by atoms with van der Waals surface area (Å²) < 4.78 is 45.2. The summed E-state index contributed by atoms with van der Waals surface area (Å²) in [7, 11) is 0. The fourth-order valence-electron chi connectivity index (χ4n) is 1.36. The summed E-state index contributed by atoms with van der Waals surface area (Å²) in [5, 5.41) is 9.66. The molecule has 0 aliphatic heterocycles. The van der Waals surface area contributed by atoms with Crippen molar-refractivity contribution in [3.63, 3.8) is 0 Å². The van der Waals surface area contributed by atoms with Crippen LogP contribution in [0.4, 0.5) is 13.2 Å². The van der Waals surface area contributed by atoms with Crippen molar-refractivity contribution in [1.29, 1.82) is 0 Å². The van der Waals surface area contributed by atoms with E-state index in [2.05, 4.69) is 4.74 Å². The number of benzene rings is 1. The third kappa shape index (κ3) is 5.37. The van der Waals surface area contributed by atoms with Gasteiger partial charge in [-0.3, -0.25) is 0 Å². The molecule has 0 radical (unpaired) electrons. The van der Waals surface area contributed by atoms with Gasteiger partial charge in [-0.25, -0.2) is 0 Å². The number of hydrogen-bond donors (Lipinski definition) is 1. The molecule has 3 nitrogen and oxygen atoms in total. The van der Waals surface area contributed by atoms with Crippen LogP contribution in [0.2, 0.25) is 0 Å². The molecule has 1 N–H and O–H groups in total. The molecule has 0 aromatic heterocycles. The van der Waals surface area contributed by atoms with Crippen molar-refractivity contribution in [2.45, 2.75) is 19.2 Å². The van der Waals surface area contributed by atoms with Gasteiger partial charge in [0.05, 0.1) is 13.2 Å². The molecule has 1 aromatic rings. The van der Waals surface area contributed by atoms with Crippen molar-refractivity contribution in [2.75, 3.05) is 19.8 Å². The lowest BCUT2D eigenvalue weighted by atomic mass is 10.1. The number of halogens is 3. The summed E-state index contributed by atoms with van der Waals surface area (Å²) in [5.41, 5.74) is 0.461. The molecule has 0 amide bonds. The van der Waals surface area contributed by atoms with Crippen molar-refractivity contribution in [3.8, 4) is 5.75 Å². The van der Waals surface area contributed by atoms with Gasteiger partial charge in [0.25, 0.3) is 0 Å². The Hall–Kier alpha value is -1.27. The van der Waals surface area contributed by atoms with E-state index in [-0.39, 0.29) is 0 Å². The van der Waals surface area contributed by atoms with Gasteiger partial charge in [0, 0.05) is 0 Å². The van der Waals surface area contributed by atoms with Crippen LogP contribution in [0, 0.1) is 0 Å². The summed E-state index contributed by atoms with van der Waals surface area (Å²) in [6.07, 6.45) is -5.49. The Labute approximate surface area is 103 Å². The maximum Gasteiger partial charge on any atom is 0.411 e. The molecular weight excluding hydrogens is 249 g/mol. The topological polar surface area (TPSA) is 38.7 Å². The Morgan fingerprint density at radius 1 is 1.33 bits per heavy atom. The van der Waals surface area contributed by atoms with Gasteiger partial charge in [0.15, 0.2) is 0 Å². The molecule has 1 rings (SSSR count). The predicted octanol–water partition coefficient (Wildman–Crippen LogP) is 2.70. The number of aliphatic hydroxyl groups is 1. The lowest BCUT2D eigenvalue weighted by Crippen LogP contribution is -2.19. The Kier molecular flexibility index (Phi) is 5.43. The number of rotatable bonds is 6.